The van der Waals surface area contributed by atoms with E-state index in [2.05, 4.69) is 21.2 Å². The van der Waals surface area contributed by atoms with Crippen molar-refractivity contribution in [3.8, 4) is 0 Å². The lowest BCUT2D eigenvalue weighted by molar-refractivity contribution is 0.0951. The van der Waals surface area contributed by atoms with Gasteiger partial charge in [-0.05, 0) is 46.8 Å². The van der Waals surface area contributed by atoms with Crippen LogP contribution < -0.4 is 5.32 Å². The minimum Gasteiger partial charge on any atom is -0.396 e. The summed E-state index contributed by atoms with van der Waals surface area (Å²) in [6, 6.07) is 4.37. The number of aliphatic hydroxyl groups excluding tert-OH is 1. The van der Waals surface area contributed by atoms with E-state index >= 15 is 0 Å². The van der Waals surface area contributed by atoms with Gasteiger partial charge in [0.25, 0.3) is 5.91 Å². The first-order valence-corrected chi connectivity index (χ1v) is 6.68. The third-order valence-electron chi connectivity index (χ3n) is 2.67. The molecule has 3 nitrogen and oxygen atoms in total. The number of carbonyl (C=O) groups is 1. The molecule has 0 aliphatic heterocycles. The molecule has 2 N–H and O–H groups in total. The molecule has 5 heteroatoms. The summed E-state index contributed by atoms with van der Waals surface area (Å²) in [7, 11) is 0. The van der Waals surface area contributed by atoms with Crippen LogP contribution in [0, 0.1) is 11.7 Å². The molecular weight excluding hydrogens is 301 g/mol. The zero-order chi connectivity index (χ0) is 13.5. The van der Waals surface area contributed by atoms with Crippen molar-refractivity contribution in [2.45, 2.75) is 19.8 Å². The molecule has 0 aliphatic rings. The van der Waals surface area contributed by atoms with Crippen LogP contribution >= 0.6 is 15.9 Å². The highest BCUT2D eigenvalue weighted by atomic mass is 79.9. The van der Waals surface area contributed by atoms with Crippen LogP contribution in [0.3, 0.4) is 0 Å². The minimum atomic E-state index is -0.448. The molecule has 0 aliphatic carbocycles. The number of hydrogen-bond donors (Lipinski definition) is 2. The fourth-order valence-corrected chi connectivity index (χ4v) is 1.96. The van der Waals surface area contributed by atoms with Crippen LogP contribution in [0.1, 0.15) is 30.1 Å². The predicted molar refractivity (Wildman–Crippen MR) is 71.9 cm³/mol. The molecule has 1 rings (SSSR count). The van der Waals surface area contributed by atoms with Gasteiger partial charge < -0.3 is 10.4 Å². The van der Waals surface area contributed by atoms with Crippen molar-refractivity contribution in [1.29, 1.82) is 0 Å². The second kappa shape index (κ2) is 7.48. The molecular formula is C13H17BrFNO2. The Kier molecular flexibility index (Phi) is 6.29. The Balaban J connectivity index is 2.44. The molecule has 0 fully saturated rings. The lowest BCUT2D eigenvalue weighted by Crippen LogP contribution is -2.25. The molecule has 0 bridgehead atoms. The molecule has 0 aromatic heterocycles. The summed E-state index contributed by atoms with van der Waals surface area (Å²) in [5.41, 5.74) is 0.296. The lowest BCUT2D eigenvalue weighted by Gasteiger charge is -2.09. The third kappa shape index (κ3) is 4.38. The quantitative estimate of drug-likeness (QED) is 0.793. The monoisotopic (exact) mass is 317 g/mol. The van der Waals surface area contributed by atoms with Crippen LogP contribution in [0.4, 0.5) is 4.39 Å². The zero-order valence-electron chi connectivity index (χ0n) is 10.2. The third-order valence-corrected chi connectivity index (χ3v) is 3.47. The van der Waals surface area contributed by atoms with Gasteiger partial charge in [-0.3, -0.25) is 4.79 Å². The lowest BCUT2D eigenvalue weighted by atomic mass is 10.1. The Labute approximate surface area is 115 Å². The number of carbonyl (C=O) groups excluding carboxylic acids is 1. The largest absolute Gasteiger partial charge is 0.396 e. The molecule has 0 saturated heterocycles. The number of hydrogen-bond acceptors (Lipinski definition) is 2. The Morgan fingerprint density at radius 1 is 1.56 bits per heavy atom. The molecule has 0 saturated carbocycles. The Morgan fingerprint density at radius 2 is 2.28 bits per heavy atom. The normalized spacial score (nSPS) is 12.2. The van der Waals surface area contributed by atoms with Gasteiger partial charge in [-0.15, -0.1) is 0 Å². The smallest absolute Gasteiger partial charge is 0.252 e. The minimum absolute atomic E-state index is 0.156. The zero-order valence-corrected chi connectivity index (χ0v) is 11.8. The first-order valence-electron chi connectivity index (χ1n) is 5.89. The van der Waals surface area contributed by atoms with Gasteiger partial charge in [0, 0.05) is 13.2 Å². The van der Waals surface area contributed by atoms with Crippen molar-refractivity contribution in [2.24, 2.45) is 5.92 Å². The highest BCUT2D eigenvalue weighted by Gasteiger charge is 2.12. The van der Waals surface area contributed by atoms with Gasteiger partial charge in [-0.2, -0.15) is 0 Å². The summed E-state index contributed by atoms with van der Waals surface area (Å²) in [6.45, 7) is 2.63. The second-order valence-corrected chi connectivity index (χ2v) is 5.08. The van der Waals surface area contributed by atoms with Gasteiger partial charge in [0.2, 0.25) is 0 Å². The maximum atomic E-state index is 13.2. The second-order valence-electron chi connectivity index (χ2n) is 4.29. The molecule has 0 spiro atoms. The Morgan fingerprint density at radius 3 is 2.94 bits per heavy atom. The summed E-state index contributed by atoms with van der Waals surface area (Å²) in [6.07, 6.45) is 1.64. The maximum Gasteiger partial charge on any atom is 0.252 e. The molecule has 100 valence electrons. The van der Waals surface area contributed by atoms with Crippen LogP contribution in [0.25, 0.3) is 0 Å². The fourth-order valence-electron chi connectivity index (χ4n) is 1.52. The van der Waals surface area contributed by atoms with E-state index in [1.165, 1.54) is 12.1 Å². The van der Waals surface area contributed by atoms with E-state index in [1.54, 1.807) is 6.07 Å². The average Bonchev–Trinajstić information content (AvgIpc) is 2.37. The molecule has 0 heterocycles. The van der Waals surface area contributed by atoms with E-state index in [0.717, 1.165) is 12.8 Å². The molecule has 1 aromatic rings. The van der Waals surface area contributed by atoms with Crippen LogP contribution in [0.15, 0.2) is 22.7 Å². The van der Waals surface area contributed by atoms with E-state index in [1.807, 2.05) is 6.92 Å². The van der Waals surface area contributed by atoms with Crippen molar-refractivity contribution in [2.75, 3.05) is 13.2 Å². The van der Waals surface area contributed by atoms with Gasteiger partial charge in [0.1, 0.15) is 5.82 Å². The molecule has 18 heavy (non-hydrogen) atoms. The highest BCUT2D eigenvalue weighted by molar-refractivity contribution is 9.10. The summed E-state index contributed by atoms with van der Waals surface area (Å²) in [5, 5.41) is 11.6. The van der Waals surface area contributed by atoms with E-state index in [-0.39, 0.29) is 22.9 Å². The Bertz CT molecular complexity index is 412. The van der Waals surface area contributed by atoms with Gasteiger partial charge in [0.05, 0.1) is 10.0 Å². The molecule has 1 unspecified atom stereocenters. The van der Waals surface area contributed by atoms with Crippen LogP contribution in [0.2, 0.25) is 0 Å². The number of nitrogens with one attached hydrogen (secondary N) is 1. The van der Waals surface area contributed by atoms with Gasteiger partial charge in [-0.1, -0.05) is 13.0 Å². The standard InChI is InChI=1S/C13H17BrFNO2/c1-9(8-17)4-3-7-16-13(18)10-5-2-6-11(15)12(10)14/h2,5-6,9,17H,3-4,7-8H2,1H3,(H,16,18). The summed E-state index contributed by atoms with van der Waals surface area (Å²) >= 11 is 3.06. The SMILES string of the molecule is CC(CO)CCCNC(=O)c1cccc(F)c1Br. The molecule has 1 amide bonds. The number of rotatable bonds is 6. The van der Waals surface area contributed by atoms with Crippen LogP contribution in [-0.2, 0) is 0 Å². The van der Waals surface area contributed by atoms with E-state index < -0.39 is 5.82 Å². The van der Waals surface area contributed by atoms with Gasteiger partial charge in [-0.25, -0.2) is 4.39 Å². The topological polar surface area (TPSA) is 49.3 Å². The number of amides is 1. The first kappa shape index (κ1) is 15.1. The van der Waals surface area contributed by atoms with Crippen LogP contribution in [-0.4, -0.2) is 24.2 Å². The number of halogens is 2. The Hall–Kier alpha value is -0.940. The first-order chi connectivity index (χ1) is 8.56. The van der Waals surface area contributed by atoms with Crippen LogP contribution in [0.5, 0.6) is 0 Å². The van der Waals surface area contributed by atoms with Gasteiger partial charge in [0.15, 0.2) is 0 Å². The van der Waals surface area contributed by atoms with Crippen molar-refractivity contribution < 1.29 is 14.3 Å². The van der Waals surface area contributed by atoms with E-state index in [0.29, 0.717) is 12.1 Å². The molecule has 1 aromatic carbocycles. The molecule has 1 atom stereocenters. The summed E-state index contributed by atoms with van der Waals surface area (Å²) in [4.78, 5) is 11.8. The van der Waals surface area contributed by atoms with Crippen molar-refractivity contribution in [1.82, 2.24) is 5.32 Å². The van der Waals surface area contributed by atoms with Gasteiger partial charge >= 0.3 is 0 Å². The van der Waals surface area contributed by atoms with Crippen molar-refractivity contribution >= 4 is 21.8 Å². The van der Waals surface area contributed by atoms with Crippen molar-refractivity contribution in [3.63, 3.8) is 0 Å². The predicted octanol–water partition coefficient (Wildman–Crippen LogP) is 2.73. The number of aliphatic hydroxyl groups is 1. The van der Waals surface area contributed by atoms with Crippen molar-refractivity contribution in [3.05, 3.63) is 34.1 Å². The molecule has 0 radical (unpaired) electrons. The summed E-state index contributed by atoms with van der Waals surface area (Å²) in [5.74, 6) is -0.502. The number of benzene rings is 1. The fraction of sp³-hybridized carbons (Fsp3) is 0.462. The summed E-state index contributed by atoms with van der Waals surface area (Å²) < 4.78 is 13.4. The highest BCUT2D eigenvalue weighted by Crippen LogP contribution is 2.20. The maximum absolute atomic E-state index is 13.2. The average molecular weight is 318 g/mol. The van der Waals surface area contributed by atoms with E-state index in [4.69, 9.17) is 5.11 Å². The van der Waals surface area contributed by atoms with E-state index in [9.17, 15) is 9.18 Å².